The van der Waals surface area contributed by atoms with Crippen LogP contribution in [0.4, 0.5) is 0 Å². The molecule has 2 unspecified atom stereocenters. The molecule has 0 radical (unpaired) electrons. The van der Waals surface area contributed by atoms with Gasteiger partial charge in [0.15, 0.2) is 0 Å². The van der Waals surface area contributed by atoms with E-state index in [9.17, 15) is 5.11 Å². The summed E-state index contributed by atoms with van der Waals surface area (Å²) < 4.78 is 6.04. The second-order valence-corrected chi connectivity index (χ2v) is 6.98. The van der Waals surface area contributed by atoms with E-state index in [1.165, 1.54) is 0 Å². The molecule has 0 saturated heterocycles. The third-order valence-electron chi connectivity index (χ3n) is 3.83. The van der Waals surface area contributed by atoms with E-state index in [4.69, 9.17) is 10.5 Å². The average Bonchev–Trinajstić information content (AvgIpc) is 2.25. The zero-order chi connectivity index (χ0) is 14.4. The molecular formula is C16H25NO2. The van der Waals surface area contributed by atoms with Crippen molar-refractivity contribution in [1.29, 1.82) is 0 Å². The fourth-order valence-corrected chi connectivity index (χ4v) is 3.15. The van der Waals surface area contributed by atoms with Gasteiger partial charge in [-0.1, -0.05) is 19.9 Å². The van der Waals surface area contributed by atoms with Gasteiger partial charge in [-0.2, -0.15) is 0 Å². The molecule has 1 heterocycles. The molecule has 0 aliphatic carbocycles. The Morgan fingerprint density at radius 2 is 1.89 bits per heavy atom. The van der Waals surface area contributed by atoms with Crippen LogP contribution in [0.2, 0.25) is 0 Å². The fourth-order valence-electron chi connectivity index (χ4n) is 3.15. The van der Waals surface area contributed by atoms with Gasteiger partial charge in [-0.25, -0.2) is 0 Å². The Hall–Kier alpha value is -1.06. The quantitative estimate of drug-likeness (QED) is 0.862. The van der Waals surface area contributed by atoms with Gasteiger partial charge in [0.1, 0.15) is 11.4 Å². The minimum Gasteiger partial charge on any atom is -0.488 e. The van der Waals surface area contributed by atoms with Crippen molar-refractivity contribution in [2.24, 2.45) is 5.73 Å². The van der Waals surface area contributed by atoms with E-state index >= 15 is 0 Å². The largest absolute Gasteiger partial charge is 0.488 e. The molecule has 2 atom stereocenters. The summed E-state index contributed by atoms with van der Waals surface area (Å²) in [4.78, 5) is 0. The summed E-state index contributed by atoms with van der Waals surface area (Å²) in [6.45, 7) is 10.5. The number of aliphatic hydroxyl groups excluding tert-OH is 1. The van der Waals surface area contributed by atoms with E-state index in [-0.39, 0.29) is 17.1 Å². The Morgan fingerprint density at radius 3 is 2.47 bits per heavy atom. The van der Waals surface area contributed by atoms with Crippen molar-refractivity contribution in [1.82, 2.24) is 0 Å². The minimum absolute atomic E-state index is 0.0324. The summed E-state index contributed by atoms with van der Waals surface area (Å²) in [6, 6.07) is 5.63. The van der Waals surface area contributed by atoms with E-state index in [1.54, 1.807) is 0 Å². The number of rotatable bonds is 2. The van der Waals surface area contributed by atoms with Gasteiger partial charge < -0.3 is 15.6 Å². The number of aliphatic hydroxyl groups is 1. The van der Waals surface area contributed by atoms with Crippen LogP contribution < -0.4 is 10.5 Å². The molecule has 3 N–H and O–H groups in total. The van der Waals surface area contributed by atoms with Crippen LogP contribution in [0.5, 0.6) is 5.75 Å². The maximum absolute atomic E-state index is 10.1. The molecule has 0 spiro atoms. The molecule has 2 rings (SSSR count). The Bertz CT molecular complexity index is 478. The molecule has 3 nitrogen and oxygen atoms in total. The Balaban J connectivity index is 2.46. The molecule has 3 heteroatoms. The Kier molecular flexibility index (Phi) is 3.40. The highest BCUT2D eigenvalue weighted by Crippen LogP contribution is 2.45. The van der Waals surface area contributed by atoms with Crippen LogP contribution in [0.3, 0.4) is 0 Å². The lowest BCUT2D eigenvalue weighted by molar-refractivity contribution is 0.0530. The van der Waals surface area contributed by atoms with Gasteiger partial charge in [-0.05, 0) is 50.3 Å². The van der Waals surface area contributed by atoms with E-state index < -0.39 is 6.10 Å². The molecule has 1 aromatic rings. The SMILES string of the molecule is CC(N)C(O)c1ccc2c(c1)C(C)(C)CC(C)(C)O2. The standard InChI is InChI=1S/C16H25NO2/c1-10(17)14(18)11-6-7-13-12(8-11)15(2,3)9-16(4,5)19-13/h6-8,10,14,18H,9,17H2,1-5H3. The number of fused-ring (bicyclic) bond motifs is 1. The minimum atomic E-state index is -0.629. The molecule has 1 aliphatic rings. The highest BCUT2D eigenvalue weighted by molar-refractivity contribution is 5.45. The van der Waals surface area contributed by atoms with Crippen LogP contribution in [-0.4, -0.2) is 16.7 Å². The van der Waals surface area contributed by atoms with E-state index in [0.29, 0.717) is 0 Å². The van der Waals surface area contributed by atoms with Crippen LogP contribution in [-0.2, 0) is 5.41 Å². The molecule has 0 bridgehead atoms. The van der Waals surface area contributed by atoms with Gasteiger partial charge in [0.25, 0.3) is 0 Å². The van der Waals surface area contributed by atoms with Crippen molar-refractivity contribution in [3.05, 3.63) is 29.3 Å². The lowest BCUT2D eigenvalue weighted by atomic mass is 9.73. The first kappa shape index (κ1) is 14.4. The summed E-state index contributed by atoms with van der Waals surface area (Å²) in [7, 11) is 0. The first-order valence-electron chi connectivity index (χ1n) is 6.89. The lowest BCUT2D eigenvalue weighted by Crippen LogP contribution is -2.41. The maximum Gasteiger partial charge on any atom is 0.123 e. The second-order valence-electron chi connectivity index (χ2n) is 6.98. The molecule has 0 fully saturated rings. The van der Waals surface area contributed by atoms with Crippen molar-refractivity contribution in [3.63, 3.8) is 0 Å². The summed E-state index contributed by atoms with van der Waals surface area (Å²) in [5.41, 5.74) is 7.67. The van der Waals surface area contributed by atoms with Gasteiger partial charge >= 0.3 is 0 Å². The third-order valence-corrected chi connectivity index (χ3v) is 3.83. The van der Waals surface area contributed by atoms with Crippen LogP contribution >= 0.6 is 0 Å². The molecule has 0 amide bonds. The fraction of sp³-hybridized carbons (Fsp3) is 0.625. The van der Waals surface area contributed by atoms with Gasteiger partial charge in [0.2, 0.25) is 0 Å². The normalized spacial score (nSPS) is 23.1. The van der Waals surface area contributed by atoms with Gasteiger partial charge in [-0.3, -0.25) is 0 Å². The molecule has 1 aliphatic heterocycles. The molecule has 0 saturated carbocycles. The predicted molar refractivity (Wildman–Crippen MR) is 77.4 cm³/mol. The summed E-state index contributed by atoms with van der Waals surface area (Å²) in [6.07, 6.45) is 0.320. The van der Waals surface area contributed by atoms with Crippen LogP contribution in [0, 0.1) is 0 Å². The molecule has 19 heavy (non-hydrogen) atoms. The smallest absolute Gasteiger partial charge is 0.123 e. The summed E-state index contributed by atoms with van der Waals surface area (Å²) in [5.74, 6) is 0.918. The molecule has 1 aromatic carbocycles. The van der Waals surface area contributed by atoms with Crippen molar-refractivity contribution >= 4 is 0 Å². The zero-order valence-corrected chi connectivity index (χ0v) is 12.5. The van der Waals surface area contributed by atoms with Crippen LogP contribution in [0.1, 0.15) is 58.3 Å². The number of hydrogen-bond acceptors (Lipinski definition) is 3. The monoisotopic (exact) mass is 263 g/mol. The lowest BCUT2D eigenvalue weighted by Gasteiger charge is -2.42. The number of nitrogens with two attached hydrogens (primary N) is 1. The van der Waals surface area contributed by atoms with Gasteiger partial charge in [0, 0.05) is 11.6 Å². The van der Waals surface area contributed by atoms with Crippen molar-refractivity contribution in [3.8, 4) is 5.75 Å². The number of benzene rings is 1. The highest BCUT2D eigenvalue weighted by atomic mass is 16.5. The van der Waals surface area contributed by atoms with E-state index in [1.807, 2.05) is 25.1 Å². The molecule has 0 aromatic heterocycles. The number of ether oxygens (including phenoxy) is 1. The van der Waals surface area contributed by atoms with E-state index in [2.05, 4.69) is 27.7 Å². The highest BCUT2D eigenvalue weighted by Gasteiger charge is 2.39. The molecule has 106 valence electrons. The Morgan fingerprint density at radius 1 is 1.26 bits per heavy atom. The van der Waals surface area contributed by atoms with Crippen molar-refractivity contribution in [2.45, 2.75) is 64.2 Å². The summed E-state index contributed by atoms with van der Waals surface area (Å²) in [5, 5.41) is 10.1. The Labute approximate surface area is 115 Å². The average molecular weight is 263 g/mol. The molecular weight excluding hydrogens is 238 g/mol. The maximum atomic E-state index is 10.1. The zero-order valence-electron chi connectivity index (χ0n) is 12.5. The van der Waals surface area contributed by atoms with Crippen molar-refractivity contribution in [2.75, 3.05) is 0 Å². The number of hydrogen-bond donors (Lipinski definition) is 2. The topological polar surface area (TPSA) is 55.5 Å². The van der Waals surface area contributed by atoms with Gasteiger partial charge in [0.05, 0.1) is 6.10 Å². The van der Waals surface area contributed by atoms with Crippen LogP contribution in [0.15, 0.2) is 18.2 Å². The second kappa shape index (κ2) is 4.50. The summed E-state index contributed by atoms with van der Waals surface area (Å²) >= 11 is 0. The van der Waals surface area contributed by atoms with Crippen LogP contribution in [0.25, 0.3) is 0 Å². The van der Waals surface area contributed by atoms with Gasteiger partial charge in [-0.15, -0.1) is 0 Å². The first-order chi connectivity index (χ1) is 8.62. The van der Waals surface area contributed by atoms with Crippen molar-refractivity contribution < 1.29 is 9.84 Å². The predicted octanol–water partition coefficient (Wildman–Crippen LogP) is 2.91. The third kappa shape index (κ3) is 2.77. The van der Waals surface area contributed by atoms with E-state index in [0.717, 1.165) is 23.3 Å². The first-order valence-corrected chi connectivity index (χ1v) is 6.89.